The molecule has 1 atom stereocenters. The highest BCUT2D eigenvalue weighted by Gasteiger charge is 2.43. The molecule has 0 N–H and O–H groups in total. The summed E-state index contributed by atoms with van der Waals surface area (Å²) in [5.41, 5.74) is 1.44. The lowest BCUT2D eigenvalue weighted by atomic mass is 10.2. The predicted molar refractivity (Wildman–Crippen MR) is 56.9 cm³/mol. The monoisotopic (exact) mass is 213 g/mol. The van der Waals surface area contributed by atoms with Crippen LogP contribution in [0.15, 0.2) is 11.8 Å². The molecule has 0 spiro atoms. The molecule has 2 aliphatic rings. The van der Waals surface area contributed by atoms with Gasteiger partial charge in [0.05, 0.1) is 0 Å². The van der Waals surface area contributed by atoms with Crippen LogP contribution in [-0.2, 0) is 9.53 Å². The number of carbonyl (C=O) groups is 1. The molecular formula is C10H15NO2S. The molecule has 0 radical (unpaired) electrons. The van der Waals surface area contributed by atoms with Crippen LogP contribution in [0.2, 0.25) is 0 Å². The Morgan fingerprint density at radius 3 is 3.36 bits per heavy atom. The molecule has 3 nitrogen and oxygen atoms in total. The average Bonchev–Trinajstić information content (AvgIpc) is 2.77. The molecule has 2 rings (SSSR count). The van der Waals surface area contributed by atoms with Crippen molar-refractivity contribution in [2.24, 2.45) is 0 Å². The van der Waals surface area contributed by atoms with E-state index in [9.17, 15) is 4.79 Å². The van der Waals surface area contributed by atoms with E-state index >= 15 is 0 Å². The molecule has 0 bridgehead atoms. The number of thioether (sulfide) groups is 1. The molecule has 1 saturated heterocycles. The van der Waals surface area contributed by atoms with Crippen LogP contribution < -0.4 is 0 Å². The van der Waals surface area contributed by atoms with Crippen LogP contribution in [-0.4, -0.2) is 35.7 Å². The van der Waals surface area contributed by atoms with Gasteiger partial charge in [0.1, 0.15) is 11.5 Å². The third-order valence-corrected chi connectivity index (χ3v) is 4.33. The molecule has 78 valence electrons. The van der Waals surface area contributed by atoms with Gasteiger partial charge in [-0.1, -0.05) is 6.08 Å². The number of ether oxygens (including phenoxy) is 1. The second kappa shape index (κ2) is 3.85. The van der Waals surface area contributed by atoms with Crippen LogP contribution in [0.4, 0.5) is 0 Å². The Balaban J connectivity index is 2.10. The maximum atomic E-state index is 10.2. The smallest absolute Gasteiger partial charge is 0.293 e. The molecule has 0 aromatic rings. The van der Waals surface area contributed by atoms with Gasteiger partial charge in [-0.15, -0.1) is 11.8 Å². The van der Waals surface area contributed by atoms with Gasteiger partial charge in [0.15, 0.2) is 0 Å². The molecule has 0 aliphatic carbocycles. The fourth-order valence-corrected chi connectivity index (χ4v) is 3.18. The highest BCUT2D eigenvalue weighted by molar-refractivity contribution is 8.00. The fourth-order valence-electron chi connectivity index (χ4n) is 2.32. The minimum Gasteiger partial charge on any atom is -0.464 e. The van der Waals surface area contributed by atoms with Crippen LogP contribution in [0.5, 0.6) is 0 Å². The maximum Gasteiger partial charge on any atom is 0.293 e. The summed E-state index contributed by atoms with van der Waals surface area (Å²) in [6.45, 7) is 2.15. The van der Waals surface area contributed by atoms with E-state index < -0.39 is 0 Å². The lowest BCUT2D eigenvalue weighted by Crippen LogP contribution is -2.43. The van der Waals surface area contributed by atoms with Crippen molar-refractivity contribution in [1.29, 1.82) is 0 Å². The average molecular weight is 213 g/mol. The van der Waals surface area contributed by atoms with Crippen molar-refractivity contribution in [3.05, 3.63) is 11.8 Å². The Hall–Kier alpha value is -0.640. The number of hydrogen-bond donors (Lipinski definition) is 0. The fraction of sp³-hybridized carbons (Fsp3) is 0.700. The van der Waals surface area contributed by atoms with Crippen molar-refractivity contribution in [2.45, 2.75) is 24.1 Å². The first-order valence-electron chi connectivity index (χ1n) is 4.89. The molecule has 0 aromatic heterocycles. The predicted octanol–water partition coefficient (Wildman–Crippen LogP) is 1.60. The first kappa shape index (κ1) is 9.90. The Morgan fingerprint density at radius 1 is 1.79 bits per heavy atom. The number of hydrogen-bond acceptors (Lipinski definition) is 4. The molecule has 1 fully saturated rings. The standard InChI is InChI=1S/C10H15NO2S/c1-14-10(7-13-8-12)5-4-9-3-2-6-11(9)10/h4,8H,2-3,5-7H2,1H3. The Bertz CT molecular complexity index is 267. The van der Waals surface area contributed by atoms with E-state index in [2.05, 4.69) is 17.2 Å². The van der Waals surface area contributed by atoms with Crippen molar-refractivity contribution >= 4 is 18.2 Å². The zero-order valence-electron chi connectivity index (χ0n) is 8.36. The molecule has 0 amide bonds. The molecule has 0 saturated carbocycles. The molecule has 14 heavy (non-hydrogen) atoms. The molecule has 1 unspecified atom stereocenters. The quantitative estimate of drug-likeness (QED) is 0.663. The van der Waals surface area contributed by atoms with E-state index in [1.165, 1.54) is 18.5 Å². The summed E-state index contributed by atoms with van der Waals surface area (Å²) in [4.78, 5) is 12.6. The van der Waals surface area contributed by atoms with Crippen LogP contribution in [0.25, 0.3) is 0 Å². The zero-order chi connectivity index (χ0) is 10.0. The van der Waals surface area contributed by atoms with E-state index in [1.807, 2.05) is 0 Å². The number of allylic oxidation sites excluding steroid dienone is 1. The molecule has 0 aromatic carbocycles. The number of carbonyl (C=O) groups excluding carboxylic acids is 1. The second-order valence-corrected chi connectivity index (χ2v) is 4.88. The van der Waals surface area contributed by atoms with E-state index in [1.54, 1.807) is 11.8 Å². The molecule has 4 heteroatoms. The summed E-state index contributed by atoms with van der Waals surface area (Å²) in [6, 6.07) is 0. The summed E-state index contributed by atoms with van der Waals surface area (Å²) >= 11 is 1.79. The van der Waals surface area contributed by atoms with Crippen molar-refractivity contribution in [1.82, 2.24) is 4.90 Å². The summed E-state index contributed by atoms with van der Waals surface area (Å²) in [5.74, 6) is 0. The van der Waals surface area contributed by atoms with E-state index in [0.717, 1.165) is 13.0 Å². The Labute approximate surface area is 88.5 Å². The van der Waals surface area contributed by atoms with Crippen LogP contribution in [0.1, 0.15) is 19.3 Å². The third kappa shape index (κ3) is 1.41. The highest BCUT2D eigenvalue weighted by atomic mass is 32.2. The van der Waals surface area contributed by atoms with E-state index in [4.69, 9.17) is 4.74 Å². The summed E-state index contributed by atoms with van der Waals surface area (Å²) in [7, 11) is 0. The van der Waals surface area contributed by atoms with Gasteiger partial charge in [-0.05, 0) is 19.1 Å². The van der Waals surface area contributed by atoms with Gasteiger partial charge in [-0.2, -0.15) is 0 Å². The number of rotatable bonds is 4. The first-order valence-corrected chi connectivity index (χ1v) is 6.12. The summed E-state index contributed by atoms with van der Waals surface area (Å²) in [5, 5.41) is 0. The van der Waals surface area contributed by atoms with Gasteiger partial charge in [-0.3, -0.25) is 4.79 Å². The van der Waals surface area contributed by atoms with Crippen LogP contribution in [0, 0.1) is 0 Å². The Morgan fingerprint density at radius 2 is 2.64 bits per heavy atom. The van der Waals surface area contributed by atoms with Gasteiger partial charge >= 0.3 is 0 Å². The van der Waals surface area contributed by atoms with E-state index in [0.29, 0.717) is 13.1 Å². The zero-order valence-corrected chi connectivity index (χ0v) is 9.18. The number of nitrogens with zero attached hydrogens (tertiary/aromatic N) is 1. The molecule has 2 heterocycles. The third-order valence-electron chi connectivity index (χ3n) is 3.07. The lowest BCUT2D eigenvalue weighted by molar-refractivity contribution is -0.130. The largest absolute Gasteiger partial charge is 0.464 e. The first-order chi connectivity index (χ1) is 6.82. The normalized spacial score (nSPS) is 30.1. The summed E-state index contributed by atoms with van der Waals surface area (Å²) in [6.07, 6.45) is 7.79. The SMILES string of the molecule is CSC1(COC=O)CC=C2CCCN21. The summed E-state index contributed by atoms with van der Waals surface area (Å²) < 4.78 is 4.94. The van der Waals surface area contributed by atoms with Crippen molar-refractivity contribution in [3.63, 3.8) is 0 Å². The molecular weight excluding hydrogens is 198 g/mol. The van der Waals surface area contributed by atoms with E-state index in [-0.39, 0.29) is 4.87 Å². The van der Waals surface area contributed by atoms with Crippen molar-refractivity contribution in [2.75, 3.05) is 19.4 Å². The van der Waals surface area contributed by atoms with Crippen LogP contribution in [0.3, 0.4) is 0 Å². The Kier molecular flexibility index (Phi) is 2.72. The van der Waals surface area contributed by atoms with Gasteiger partial charge in [0.25, 0.3) is 6.47 Å². The maximum absolute atomic E-state index is 10.2. The minimum atomic E-state index is -0.00720. The lowest BCUT2D eigenvalue weighted by Gasteiger charge is -2.36. The van der Waals surface area contributed by atoms with Gasteiger partial charge < -0.3 is 9.64 Å². The highest BCUT2D eigenvalue weighted by Crippen LogP contribution is 2.44. The van der Waals surface area contributed by atoms with Gasteiger partial charge in [-0.25, -0.2) is 0 Å². The minimum absolute atomic E-state index is 0.00720. The second-order valence-electron chi connectivity index (χ2n) is 3.71. The van der Waals surface area contributed by atoms with Crippen LogP contribution >= 0.6 is 11.8 Å². The van der Waals surface area contributed by atoms with Crippen molar-refractivity contribution in [3.8, 4) is 0 Å². The van der Waals surface area contributed by atoms with Crippen molar-refractivity contribution < 1.29 is 9.53 Å². The number of fused-ring (bicyclic) bond motifs is 1. The van der Waals surface area contributed by atoms with Gasteiger partial charge in [0, 0.05) is 18.7 Å². The van der Waals surface area contributed by atoms with Gasteiger partial charge in [0.2, 0.25) is 0 Å². The molecule has 2 aliphatic heterocycles. The topological polar surface area (TPSA) is 29.5 Å².